The Labute approximate surface area is 160 Å². The van der Waals surface area contributed by atoms with E-state index < -0.39 is 0 Å². The van der Waals surface area contributed by atoms with Gasteiger partial charge >= 0.3 is 5.97 Å². The summed E-state index contributed by atoms with van der Waals surface area (Å²) in [6.45, 7) is 5.26. The van der Waals surface area contributed by atoms with Gasteiger partial charge in [-0.15, -0.1) is 0 Å². The van der Waals surface area contributed by atoms with Gasteiger partial charge in [-0.2, -0.15) is 0 Å². The topological polar surface area (TPSA) is 26.3 Å². The molecule has 0 heterocycles. The van der Waals surface area contributed by atoms with E-state index in [-0.39, 0.29) is 5.97 Å². The van der Waals surface area contributed by atoms with E-state index >= 15 is 0 Å². The second-order valence-electron chi connectivity index (χ2n) is 10.4. The van der Waals surface area contributed by atoms with Gasteiger partial charge in [-0.05, 0) is 98.2 Å². The lowest BCUT2D eigenvalue weighted by molar-refractivity contribution is -0.134. The Balaban J connectivity index is 1.49. The van der Waals surface area contributed by atoms with Crippen molar-refractivity contribution in [1.29, 1.82) is 0 Å². The van der Waals surface area contributed by atoms with E-state index in [0.29, 0.717) is 10.8 Å². The van der Waals surface area contributed by atoms with E-state index in [2.05, 4.69) is 19.9 Å². The van der Waals surface area contributed by atoms with Gasteiger partial charge in [0.2, 0.25) is 0 Å². The van der Waals surface area contributed by atoms with Crippen LogP contribution in [0.5, 0.6) is 0 Å². The Morgan fingerprint density at radius 3 is 2.58 bits per heavy atom. The first-order valence-corrected chi connectivity index (χ1v) is 11.2. The Kier molecular flexibility index (Phi) is 4.99. The highest BCUT2D eigenvalue weighted by Gasteiger charge is 2.59. The van der Waals surface area contributed by atoms with Crippen molar-refractivity contribution in [3.63, 3.8) is 0 Å². The Morgan fingerprint density at radius 1 is 0.962 bits per heavy atom. The van der Waals surface area contributed by atoms with Crippen LogP contribution in [0.1, 0.15) is 84.5 Å². The third-order valence-electron chi connectivity index (χ3n) is 9.66. The molecule has 0 aliphatic heterocycles. The SMILES string of the molecule is COC(=O)/C=C/CC1CCC2C3CCC4CCCCC4(C)C3CCC12C. The molecule has 0 spiro atoms. The minimum atomic E-state index is -0.211. The monoisotopic (exact) mass is 358 g/mol. The molecule has 2 heteroatoms. The lowest BCUT2D eigenvalue weighted by atomic mass is 9.45. The standard InChI is InChI=1S/C24H38O2/c1-23-15-5-4-7-17(23)10-12-19-20-13-11-18(8-6-9-22(25)26-3)24(20,2)16-14-21(19)23/h6,9,17-21H,4-5,7-8,10-16H2,1-3H3/b9-6+. The van der Waals surface area contributed by atoms with E-state index in [0.717, 1.165) is 36.0 Å². The average molecular weight is 359 g/mol. The number of methoxy groups -OCH3 is 1. The van der Waals surface area contributed by atoms with Gasteiger partial charge in [-0.25, -0.2) is 4.79 Å². The van der Waals surface area contributed by atoms with Crippen LogP contribution >= 0.6 is 0 Å². The molecule has 146 valence electrons. The predicted octanol–water partition coefficient (Wildman–Crippen LogP) is 6.15. The molecular weight excluding hydrogens is 320 g/mol. The Morgan fingerprint density at radius 2 is 1.77 bits per heavy atom. The molecule has 0 N–H and O–H groups in total. The van der Waals surface area contributed by atoms with Crippen molar-refractivity contribution in [3.8, 4) is 0 Å². The second kappa shape index (κ2) is 6.99. The fourth-order valence-corrected chi connectivity index (χ4v) is 8.19. The maximum Gasteiger partial charge on any atom is 0.330 e. The van der Waals surface area contributed by atoms with Crippen LogP contribution in [-0.2, 0) is 9.53 Å². The highest BCUT2D eigenvalue weighted by molar-refractivity contribution is 5.81. The summed E-state index contributed by atoms with van der Waals surface area (Å²) in [5.41, 5.74) is 1.14. The molecule has 4 aliphatic rings. The first kappa shape index (κ1) is 18.6. The van der Waals surface area contributed by atoms with E-state index in [1.807, 2.05) is 0 Å². The van der Waals surface area contributed by atoms with Crippen LogP contribution in [0.2, 0.25) is 0 Å². The van der Waals surface area contributed by atoms with Crippen molar-refractivity contribution >= 4 is 5.97 Å². The van der Waals surface area contributed by atoms with Crippen molar-refractivity contribution in [2.24, 2.45) is 40.4 Å². The molecule has 4 saturated carbocycles. The minimum Gasteiger partial charge on any atom is -0.466 e. The lowest BCUT2D eigenvalue weighted by Crippen LogP contribution is -2.52. The molecule has 4 fully saturated rings. The van der Waals surface area contributed by atoms with Gasteiger partial charge in [-0.3, -0.25) is 0 Å². The number of fused-ring (bicyclic) bond motifs is 5. The van der Waals surface area contributed by atoms with E-state index in [4.69, 9.17) is 4.74 Å². The number of rotatable bonds is 3. The normalized spacial score (nSPS) is 47.9. The number of hydrogen-bond donors (Lipinski definition) is 0. The number of carbonyl (C=O) groups excluding carboxylic acids is 1. The first-order chi connectivity index (χ1) is 12.5. The van der Waals surface area contributed by atoms with E-state index in [9.17, 15) is 4.79 Å². The van der Waals surface area contributed by atoms with Gasteiger partial charge in [0.1, 0.15) is 0 Å². The zero-order chi connectivity index (χ0) is 18.4. The number of hydrogen-bond acceptors (Lipinski definition) is 2. The molecule has 0 bridgehead atoms. The van der Waals surface area contributed by atoms with Gasteiger partial charge in [0, 0.05) is 6.08 Å². The quantitative estimate of drug-likeness (QED) is 0.446. The number of esters is 1. The zero-order valence-corrected chi connectivity index (χ0v) is 17.1. The molecule has 4 aliphatic carbocycles. The summed E-state index contributed by atoms with van der Waals surface area (Å²) in [5, 5.41) is 0. The Hall–Kier alpha value is -0.790. The molecule has 26 heavy (non-hydrogen) atoms. The maximum absolute atomic E-state index is 11.4. The summed E-state index contributed by atoms with van der Waals surface area (Å²) in [4.78, 5) is 11.4. The highest BCUT2D eigenvalue weighted by atomic mass is 16.5. The van der Waals surface area contributed by atoms with Crippen LogP contribution in [0, 0.1) is 40.4 Å². The number of carbonyl (C=O) groups is 1. The van der Waals surface area contributed by atoms with Crippen molar-refractivity contribution < 1.29 is 9.53 Å². The average Bonchev–Trinajstić information content (AvgIpc) is 2.97. The van der Waals surface area contributed by atoms with Gasteiger partial charge in [-0.1, -0.05) is 32.8 Å². The molecule has 0 radical (unpaired) electrons. The summed E-state index contributed by atoms with van der Waals surface area (Å²) in [6.07, 6.45) is 19.4. The van der Waals surface area contributed by atoms with Crippen LogP contribution in [0.3, 0.4) is 0 Å². The molecule has 0 aromatic rings. The fourth-order valence-electron chi connectivity index (χ4n) is 8.19. The molecule has 2 nitrogen and oxygen atoms in total. The minimum absolute atomic E-state index is 0.211. The molecule has 7 unspecified atom stereocenters. The summed E-state index contributed by atoms with van der Waals surface area (Å²) in [6, 6.07) is 0. The first-order valence-electron chi connectivity index (χ1n) is 11.2. The van der Waals surface area contributed by atoms with Crippen molar-refractivity contribution in [2.75, 3.05) is 7.11 Å². The van der Waals surface area contributed by atoms with E-state index in [1.54, 1.807) is 6.08 Å². The highest BCUT2D eigenvalue weighted by Crippen LogP contribution is 2.67. The number of allylic oxidation sites excluding steroid dienone is 1. The summed E-state index contributed by atoms with van der Waals surface area (Å²) >= 11 is 0. The lowest BCUT2D eigenvalue weighted by Gasteiger charge is -2.60. The summed E-state index contributed by atoms with van der Waals surface area (Å²) in [7, 11) is 1.46. The molecule has 0 amide bonds. The van der Waals surface area contributed by atoms with Gasteiger partial charge in [0.05, 0.1) is 7.11 Å². The smallest absolute Gasteiger partial charge is 0.330 e. The number of ether oxygens (including phenoxy) is 1. The fraction of sp³-hybridized carbons (Fsp3) is 0.875. The van der Waals surface area contributed by atoms with Gasteiger partial charge in [0.25, 0.3) is 0 Å². The van der Waals surface area contributed by atoms with Crippen LogP contribution in [0.4, 0.5) is 0 Å². The Bertz CT molecular complexity index is 567. The van der Waals surface area contributed by atoms with E-state index in [1.165, 1.54) is 71.3 Å². The van der Waals surface area contributed by atoms with Crippen LogP contribution in [0.25, 0.3) is 0 Å². The molecule has 7 atom stereocenters. The second-order valence-corrected chi connectivity index (χ2v) is 10.4. The summed E-state index contributed by atoms with van der Waals surface area (Å²) in [5.74, 6) is 4.45. The molecule has 0 saturated heterocycles. The molecule has 0 aromatic heterocycles. The largest absolute Gasteiger partial charge is 0.466 e. The predicted molar refractivity (Wildman–Crippen MR) is 106 cm³/mol. The van der Waals surface area contributed by atoms with Gasteiger partial charge < -0.3 is 4.74 Å². The third-order valence-corrected chi connectivity index (χ3v) is 9.66. The molecule has 4 rings (SSSR count). The van der Waals surface area contributed by atoms with Crippen LogP contribution < -0.4 is 0 Å². The molecule has 0 aromatic carbocycles. The van der Waals surface area contributed by atoms with Crippen molar-refractivity contribution in [2.45, 2.75) is 84.5 Å². The summed E-state index contributed by atoms with van der Waals surface area (Å²) < 4.78 is 4.75. The third kappa shape index (κ3) is 2.87. The van der Waals surface area contributed by atoms with Crippen molar-refractivity contribution in [1.82, 2.24) is 0 Å². The van der Waals surface area contributed by atoms with Gasteiger partial charge in [0.15, 0.2) is 0 Å². The van der Waals surface area contributed by atoms with Crippen LogP contribution in [-0.4, -0.2) is 13.1 Å². The van der Waals surface area contributed by atoms with Crippen molar-refractivity contribution in [3.05, 3.63) is 12.2 Å². The molecular formula is C24H38O2. The van der Waals surface area contributed by atoms with Crippen LogP contribution in [0.15, 0.2) is 12.2 Å². The zero-order valence-electron chi connectivity index (χ0n) is 17.1. The maximum atomic E-state index is 11.4.